The van der Waals surface area contributed by atoms with Crippen LogP contribution in [0.3, 0.4) is 0 Å². The van der Waals surface area contributed by atoms with E-state index in [4.69, 9.17) is 0 Å². The summed E-state index contributed by atoms with van der Waals surface area (Å²) in [6, 6.07) is 0. The van der Waals surface area contributed by atoms with Gasteiger partial charge in [-0.05, 0) is 6.92 Å². The van der Waals surface area contributed by atoms with Gasteiger partial charge in [0.15, 0.2) is 0 Å². The molecule has 0 saturated carbocycles. The van der Waals surface area contributed by atoms with Crippen molar-refractivity contribution in [3.8, 4) is 0 Å². The van der Waals surface area contributed by atoms with Crippen LogP contribution in [0.25, 0.3) is 0 Å². The van der Waals surface area contributed by atoms with Gasteiger partial charge in [-0.2, -0.15) is 4.37 Å². The lowest BCUT2D eigenvalue weighted by Gasteiger charge is -1.62. The number of aryl methyl sites for hydroxylation is 1. The Kier molecular flexibility index (Phi) is 1.21. The first-order chi connectivity index (χ1) is 3.29. The summed E-state index contributed by atoms with van der Waals surface area (Å²) in [5.41, 5.74) is 0. The van der Waals surface area contributed by atoms with Gasteiger partial charge >= 0.3 is 4.06 Å². The Morgan fingerprint density at radius 3 is 2.57 bits per heavy atom. The van der Waals surface area contributed by atoms with E-state index in [-0.39, 0.29) is 4.06 Å². The molecule has 1 aromatic heterocycles. The second kappa shape index (κ2) is 1.71. The van der Waals surface area contributed by atoms with Crippen molar-refractivity contribution < 1.29 is 0 Å². The topological polar surface area (TPSA) is 30.0 Å². The van der Waals surface area contributed by atoms with Gasteiger partial charge in [-0.1, -0.05) is 11.3 Å². The third kappa shape index (κ3) is 1.07. The molecule has 0 spiro atoms. The maximum absolute atomic E-state index is 10.3. The lowest BCUT2D eigenvalue weighted by atomic mass is 10.9. The standard InChI is InChI=1S/C3H3NOS2/c1-2-4-7-3(5)6-2/h1H3. The van der Waals surface area contributed by atoms with E-state index in [1.165, 1.54) is 11.3 Å². The van der Waals surface area contributed by atoms with E-state index >= 15 is 0 Å². The Morgan fingerprint density at radius 2 is 2.43 bits per heavy atom. The molecule has 0 N–H and O–H groups in total. The summed E-state index contributed by atoms with van der Waals surface area (Å²) >= 11 is 2.21. The maximum Gasteiger partial charge on any atom is 0.306 e. The molecule has 0 atom stereocenters. The number of hydrogen-bond acceptors (Lipinski definition) is 4. The van der Waals surface area contributed by atoms with Crippen molar-refractivity contribution >= 4 is 22.9 Å². The highest BCUT2D eigenvalue weighted by Crippen LogP contribution is 1.95. The molecule has 0 aliphatic heterocycles. The predicted octanol–water partition coefficient (Wildman–Crippen LogP) is 0.873. The van der Waals surface area contributed by atoms with Crippen molar-refractivity contribution in [3.63, 3.8) is 0 Å². The Bertz CT molecular complexity index is 201. The highest BCUT2D eigenvalue weighted by Gasteiger charge is 1.87. The summed E-state index contributed by atoms with van der Waals surface area (Å²) in [7, 11) is 0. The van der Waals surface area contributed by atoms with Gasteiger partial charge in [-0.3, -0.25) is 4.79 Å². The smallest absolute Gasteiger partial charge is 0.264 e. The number of hydrogen-bond donors (Lipinski definition) is 0. The van der Waals surface area contributed by atoms with Gasteiger partial charge in [0.05, 0.1) is 0 Å². The molecule has 4 heteroatoms. The van der Waals surface area contributed by atoms with Crippen molar-refractivity contribution in [3.05, 3.63) is 13.9 Å². The first-order valence-electron chi connectivity index (χ1n) is 1.72. The Balaban J connectivity index is 3.30. The molecule has 0 unspecified atom stereocenters. The minimum atomic E-state index is 0.0810. The summed E-state index contributed by atoms with van der Waals surface area (Å²) in [5.74, 6) is 0. The Morgan fingerprint density at radius 1 is 1.71 bits per heavy atom. The minimum Gasteiger partial charge on any atom is -0.264 e. The molecule has 0 aliphatic rings. The van der Waals surface area contributed by atoms with Crippen LogP contribution in [0.5, 0.6) is 0 Å². The van der Waals surface area contributed by atoms with E-state index in [1.54, 1.807) is 0 Å². The summed E-state index contributed by atoms with van der Waals surface area (Å²) in [6.07, 6.45) is 0. The third-order valence-corrected chi connectivity index (χ3v) is 2.14. The van der Waals surface area contributed by atoms with Crippen LogP contribution >= 0.6 is 22.9 Å². The average molecular weight is 133 g/mol. The van der Waals surface area contributed by atoms with Gasteiger partial charge in [0.25, 0.3) is 0 Å². The fraction of sp³-hybridized carbons (Fsp3) is 0.333. The zero-order valence-electron chi connectivity index (χ0n) is 3.67. The van der Waals surface area contributed by atoms with Gasteiger partial charge in [-0.25, -0.2) is 0 Å². The van der Waals surface area contributed by atoms with Crippen molar-refractivity contribution in [1.82, 2.24) is 4.37 Å². The second-order valence-electron chi connectivity index (χ2n) is 1.05. The second-order valence-corrected chi connectivity index (χ2v) is 3.21. The molecule has 2 nitrogen and oxygen atoms in total. The summed E-state index contributed by atoms with van der Waals surface area (Å²) in [4.78, 5) is 10.3. The molecule has 0 bridgehead atoms. The molecule has 0 saturated heterocycles. The van der Waals surface area contributed by atoms with Crippen LogP contribution in [-0.4, -0.2) is 4.37 Å². The predicted molar refractivity (Wildman–Crippen MR) is 31.0 cm³/mol. The molecule has 0 aliphatic carbocycles. The van der Waals surface area contributed by atoms with E-state index < -0.39 is 0 Å². The van der Waals surface area contributed by atoms with Crippen LogP contribution in [0, 0.1) is 6.92 Å². The van der Waals surface area contributed by atoms with E-state index in [9.17, 15) is 4.79 Å². The Hall–Kier alpha value is -0.220. The quantitative estimate of drug-likeness (QED) is 0.525. The molecule has 0 aromatic carbocycles. The van der Waals surface area contributed by atoms with E-state index in [0.29, 0.717) is 0 Å². The molecule has 1 aromatic rings. The number of nitrogens with zero attached hydrogens (tertiary/aromatic N) is 1. The fourth-order valence-electron chi connectivity index (χ4n) is 0.259. The molecule has 0 amide bonds. The molecule has 1 rings (SSSR count). The van der Waals surface area contributed by atoms with Crippen molar-refractivity contribution in [1.29, 1.82) is 0 Å². The lowest BCUT2D eigenvalue weighted by molar-refractivity contribution is 1.42. The van der Waals surface area contributed by atoms with E-state index in [0.717, 1.165) is 16.5 Å². The molecular weight excluding hydrogens is 130 g/mol. The van der Waals surface area contributed by atoms with E-state index in [1.807, 2.05) is 6.92 Å². The summed E-state index contributed by atoms with van der Waals surface area (Å²) in [5, 5.41) is 0.856. The maximum atomic E-state index is 10.3. The molecule has 1 heterocycles. The SMILES string of the molecule is Cc1nsc(=O)s1. The summed E-state index contributed by atoms with van der Waals surface area (Å²) < 4.78 is 3.84. The third-order valence-electron chi connectivity index (χ3n) is 0.480. The van der Waals surface area contributed by atoms with Gasteiger partial charge < -0.3 is 0 Å². The first kappa shape index (κ1) is 4.93. The van der Waals surface area contributed by atoms with E-state index in [2.05, 4.69) is 4.37 Å². The van der Waals surface area contributed by atoms with Crippen molar-refractivity contribution in [2.24, 2.45) is 0 Å². The van der Waals surface area contributed by atoms with Crippen molar-refractivity contribution in [2.45, 2.75) is 6.92 Å². The monoisotopic (exact) mass is 133 g/mol. The van der Waals surface area contributed by atoms with Gasteiger partial charge in [0.2, 0.25) is 0 Å². The Labute approximate surface area is 48.6 Å². The summed E-state index contributed by atoms with van der Waals surface area (Å²) in [6.45, 7) is 1.82. The largest absolute Gasteiger partial charge is 0.306 e. The van der Waals surface area contributed by atoms with Crippen LogP contribution < -0.4 is 4.06 Å². The van der Waals surface area contributed by atoms with Crippen LogP contribution in [0.2, 0.25) is 0 Å². The van der Waals surface area contributed by atoms with Crippen LogP contribution in [0.1, 0.15) is 5.01 Å². The highest BCUT2D eigenvalue weighted by atomic mass is 32.2. The normalized spacial score (nSPS) is 9.29. The van der Waals surface area contributed by atoms with Crippen molar-refractivity contribution in [2.75, 3.05) is 0 Å². The van der Waals surface area contributed by atoms with Crippen LogP contribution in [-0.2, 0) is 0 Å². The van der Waals surface area contributed by atoms with Gasteiger partial charge in [0, 0.05) is 11.5 Å². The average Bonchev–Trinajstić information content (AvgIpc) is 1.87. The van der Waals surface area contributed by atoms with Crippen LogP contribution in [0.15, 0.2) is 4.79 Å². The molecule has 0 radical (unpaired) electrons. The fourth-order valence-corrected chi connectivity index (χ4v) is 1.59. The molecular formula is C3H3NOS2. The number of rotatable bonds is 0. The zero-order valence-corrected chi connectivity index (χ0v) is 5.30. The first-order valence-corrected chi connectivity index (χ1v) is 3.31. The zero-order chi connectivity index (χ0) is 5.28. The molecule has 38 valence electrons. The van der Waals surface area contributed by atoms with Gasteiger partial charge in [-0.15, -0.1) is 0 Å². The molecule has 7 heavy (non-hydrogen) atoms. The van der Waals surface area contributed by atoms with Gasteiger partial charge in [0.1, 0.15) is 5.01 Å². The van der Waals surface area contributed by atoms with Crippen LogP contribution in [0.4, 0.5) is 0 Å². The lowest BCUT2D eigenvalue weighted by Crippen LogP contribution is -1.73. The highest BCUT2D eigenvalue weighted by molar-refractivity contribution is 7.23. The molecule has 0 fully saturated rings. The number of aromatic nitrogens is 1. The minimum absolute atomic E-state index is 0.0810.